The lowest BCUT2D eigenvalue weighted by molar-refractivity contribution is -0.145. The summed E-state index contributed by atoms with van der Waals surface area (Å²) in [5, 5.41) is 2.86. The van der Waals surface area contributed by atoms with Crippen LogP contribution in [-0.4, -0.2) is 38.9 Å². The molecule has 15 heavy (non-hydrogen) atoms. The number of carbonyl (C=O) groups is 1. The number of esters is 1. The molecule has 0 radical (unpaired) electrons. The number of methoxy groups -OCH3 is 1. The lowest BCUT2D eigenvalue weighted by Gasteiger charge is -2.19. The van der Waals surface area contributed by atoms with Crippen molar-refractivity contribution in [1.82, 2.24) is 5.32 Å². The fourth-order valence-electron chi connectivity index (χ4n) is 1.40. The van der Waals surface area contributed by atoms with Gasteiger partial charge in [0.25, 0.3) is 0 Å². The van der Waals surface area contributed by atoms with Gasteiger partial charge < -0.3 is 14.8 Å². The average molecular weight is 217 g/mol. The minimum absolute atomic E-state index is 0.172. The fourth-order valence-corrected chi connectivity index (χ4v) is 1.40. The Morgan fingerprint density at radius 1 is 1.33 bits per heavy atom. The van der Waals surface area contributed by atoms with Gasteiger partial charge in [-0.15, -0.1) is 0 Å². The summed E-state index contributed by atoms with van der Waals surface area (Å²) in [7, 11) is 3.10. The highest BCUT2D eigenvalue weighted by atomic mass is 16.5. The van der Waals surface area contributed by atoms with Gasteiger partial charge in [-0.2, -0.15) is 0 Å². The van der Waals surface area contributed by atoms with Crippen LogP contribution in [-0.2, 0) is 14.3 Å². The summed E-state index contributed by atoms with van der Waals surface area (Å²) in [4.78, 5) is 11.2. The molecule has 1 N–H and O–H groups in total. The highest BCUT2D eigenvalue weighted by Crippen LogP contribution is 2.07. The summed E-state index contributed by atoms with van der Waals surface area (Å²) >= 11 is 0. The molecule has 0 amide bonds. The van der Waals surface area contributed by atoms with Gasteiger partial charge in [-0.3, -0.25) is 4.79 Å². The van der Waals surface area contributed by atoms with Crippen LogP contribution in [0.25, 0.3) is 0 Å². The topological polar surface area (TPSA) is 47.6 Å². The van der Waals surface area contributed by atoms with E-state index in [-0.39, 0.29) is 18.1 Å². The van der Waals surface area contributed by atoms with Crippen LogP contribution in [0.15, 0.2) is 0 Å². The van der Waals surface area contributed by atoms with Gasteiger partial charge in [0.15, 0.2) is 0 Å². The lowest BCUT2D eigenvalue weighted by Crippen LogP contribution is -2.40. The summed E-state index contributed by atoms with van der Waals surface area (Å²) in [6, 6.07) is -0.371. The van der Waals surface area contributed by atoms with E-state index in [1.165, 1.54) is 7.11 Å². The van der Waals surface area contributed by atoms with Crippen LogP contribution in [0.1, 0.15) is 27.2 Å². The van der Waals surface area contributed by atoms with Gasteiger partial charge in [0.05, 0.1) is 19.8 Å². The second kappa shape index (κ2) is 7.65. The van der Waals surface area contributed by atoms with Crippen LogP contribution in [0.4, 0.5) is 0 Å². The molecule has 0 saturated heterocycles. The maximum absolute atomic E-state index is 11.2. The molecule has 0 rings (SSSR count). The maximum atomic E-state index is 11.2. The molecule has 0 aromatic carbocycles. The zero-order chi connectivity index (χ0) is 11.8. The van der Waals surface area contributed by atoms with Gasteiger partial charge in [-0.05, 0) is 26.3 Å². The predicted octanol–water partition coefficient (Wildman–Crippen LogP) is 1.20. The molecule has 0 bridgehead atoms. The molecule has 0 fully saturated rings. The van der Waals surface area contributed by atoms with E-state index in [2.05, 4.69) is 23.9 Å². The number of carbonyl (C=O) groups excluding carboxylic acids is 1. The van der Waals surface area contributed by atoms with Crippen LogP contribution in [0, 0.1) is 5.92 Å². The Labute approximate surface area is 92.3 Å². The quantitative estimate of drug-likeness (QED) is 0.651. The molecule has 0 saturated carbocycles. The third-order valence-electron chi connectivity index (χ3n) is 2.18. The van der Waals surface area contributed by atoms with Crippen molar-refractivity contribution < 1.29 is 14.3 Å². The fraction of sp³-hybridized carbons (Fsp3) is 0.909. The van der Waals surface area contributed by atoms with Crippen molar-refractivity contribution >= 4 is 5.97 Å². The normalized spacial score (nSPS) is 15.1. The van der Waals surface area contributed by atoms with E-state index in [0.717, 1.165) is 6.42 Å². The summed E-state index contributed by atoms with van der Waals surface area (Å²) < 4.78 is 10.2. The van der Waals surface area contributed by atoms with Gasteiger partial charge in [0.2, 0.25) is 0 Å². The zero-order valence-electron chi connectivity index (χ0n) is 10.4. The smallest absolute Gasteiger partial charge is 0.325 e. The number of ether oxygens (including phenoxy) is 2. The van der Waals surface area contributed by atoms with Crippen LogP contribution in [0.5, 0.6) is 0 Å². The number of rotatable bonds is 7. The van der Waals surface area contributed by atoms with Crippen molar-refractivity contribution in [2.45, 2.75) is 39.3 Å². The molecule has 2 unspecified atom stereocenters. The summed E-state index contributed by atoms with van der Waals surface area (Å²) in [6.45, 7) is 6.67. The molecule has 0 aliphatic rings. The highest BCUT2D eigenvalue weighted by Gasteiger charge is 2.18. The van der Waals surface area contributed by atoms with E-state index in [1.54, 1.807) is 7.05 Å². The number of hydrogen-bond donors (Lipinski definition) is 1. The van der Waals surface area contributed by atoms with E-state index in [4.69, 9.17) is 4.74 Å². The summed E-state index contributed by atoms with van der Waals surface area (Å²) in [5.74, 6) is 0.320. The zero-order valence-corrected chi connectivity index (χ0v) is 10.4. The van der Waals surface area contributed by atoms with Gasteiger partial charge in [0, 0.05) is 0 Å². The van der Waals surface area contributed by atoms with Crippen LogP contribution >= 0.6 is 0 Å². The molecule has 0 aromatic heterocycles. The van der Waals surface area contributed by atoms with E-state index >= 15 is 0 Å². The number of nitrogens with one attached hydrogen (secondary N) is 1. The third kappa shape index (κ3) is 6.47. The van der Waals surface area contributed by atoms with Crippen molar-refractivity contribution in [1.29, 1.82) is 0 Å². The standard InChI is InChI=1S/C11H23NO3/c1-8(2)6-9(3)15-7-10(12-4)11(13)14-5/h8-10,12H,6-7H2,1-5H3. The minimum Gasteiger partial charge on any atom is -0.468 e. The van der Waals surface area contributed by atoms with Gasteiger partial charge in [-0.1, -0.05) is 13.8 Å². The molecule has 0 aromatic rings. The maximum Gasteiger partial charge on any atom is 0.325 e. The van der Waals surface area contributed by atoms with Crippen LogP contribution in [0.3, 0.4) is 0 Å². The number of hydrogen-bond acceptors (Lipinski definition) is 4. The Bertz CT molecular complexity index is 183. The first kappa shape index (κ1) is 14.4. The van der Waals surface area contributed by atoms with Crippen molar-refractivity contribution in [2.24, 2.45) is 5.92 Å². The second-order valence-electron chi connectivity index (χ2n) is 4.14. The Morgan fingerprint density at radius 2 is 1.93 bits per heavy atom. The molecule has 4 nitrogen and oxygen atoms in total. The highest BCUT2D eigenvalue weighted by molar-refractivity contribution is 5.75. The summed E-state index contributed by atoms with van der Waals surface area (Å²) in [5.41, 5.74) is 0. The van der Waals surface area contributed by atoms with Crippen LogP contribution < -0.4 is 5.32 Å². The van der Waals surface area contributed by atoms with Gasteiger partial charge in [-0.25, -0.2) is 0 Å². The Balaban J connectivity index is 3.84. The first-order chi connectivity index (χ1) is 7.01. The minimum atomic E-state index is -0.371. The van der Waals surface area contributed by atoms with E-state index in [9.17, 15) is 4.79 Å². The molecule has 0 heterocycles. The van der Waals surface area contributed by atoms with Gasteiger partial charge >= 0.3 is 5.97 Å². The third-order valence-corrected chi connectivity index (χ3v) is 2.18. The number of likely N-dealkylation sites (N-methyl/N-ethyl adjacent to an activating group) is 1. The Hall–Kier alpha value is -0.610. The lowest BCUT2D eigenvalue weighted by atomic mass is 10.1. The van der Waals surface area contributed by atoms with Gasteiger partial charge in [0.1, 0.15) is 6.04 Å². The monoisotopic (exact) mass is 217 g/mol. The van der Waals surface area contributed by atoms with Crippen LogP contribution in [0.2, 0.25) is 0 Å². The SMILES string of the molecule is CNC(COC(C)CC(C)C)C(=O)OC. The van der Waals surface area contributed by atoms with Crippen molar-refractivity contribution in [3.05, 3.63) is 0 Å². The molecular formula is C11H23NO3. The molecular weight excluding hydrogens is 194 g/mol. The molecule has 90 valence electrons. The Morgan fingerprint density at radius 3 is 2.33 bits per heavy atom. The first-order valence-corrected chi connectivity index (χ1v) is 5.38. The molecule has 0 aliphatic carbocycles. The molecule has 2 atom stereocenters. The van der Waals surface area contributed by atoms with Crippen molar-refractivity contribution in [3.8, 4) is 0 Å². The van der Waals surface area contributed by atoms with E-state index < -0.39 is 0 Å². The van der Waals surface area contributed by atoms with E-state index in [0.29, 0.717) is 12.5 Å². The molecule has 4 heteroatoms. The first-order valence-electron chi connectivity index (χ1n) is 5.38. The Kier molecular flexibility index (Phi) is 7.34. The second-order valence-corrected chi connectivity index (χ2v) is 4.14. The van der Waals surface area contributed by atoms with E-state index in [1.807, 2.05) is 6.92 Å². The average Bonchev–Trinajstić information content (AvgIpc) is 2.17. The molecule has 0 aliphatic heterocycles. The van der Waals surface area contributed by atoms with Crippen molar-refractivity contribution in [2.75, 3.05) is 20.8 Å². The largest absolute Gasteiger partial charge is 0.468 e. The van der Waals surface area contributed by atoms with Crippen molar-refractivity contribution in [3.63, 3.8) is 0 Å². The summed E-state index contributed by atoms with van der Waals surface area (Å²) in [6.07, 6.45) is 1.17. The predicted molar refractivity (Wildman–Crippen MR) is 59.7 cm³/mol. The molecule has 0 spiro atoms.